The molecule has 96 valence electrons. The van der Waals surface area contributed by atoms with Gasteiger partial charge in [-0.2, -0.15) is 0 Å². The largest absolute Gasteiger partial charge is 0.355 e. The summed E-state index contributed by atoms with van der Waals surface area (Å²) in [5.74, 6) is -0.193. The number of rotatable bonds is 5. The standard InChI is InChI=1S/C15H18FNO/c1-2-3-4-11-17-14(18)15(9-10-15)12-5-7-13(16)8-6-12/h2-3,5-8H,4,9-11H2,1H3,(H,17,18)/b3-2+. The normalized spacial score (nSPS) is 16.8. The Morgan fingerprint density at radius 2 is 2.06 bits per heavy atom. The molecule has 0 saturated heterocycles. The van der Waals surface area contributed by atoms with Crippen LogP contribution in [-0.4, -0.2) is 12.5 Å². The maximum atomic E-state index is 12.9. The molecule has 0 unspecified atom stereocenters. The molecule has 1 amide bonds. The van der Waals surface area contributed by atoms with Crippen LogP contribution in [0.25, 0.3) is 0 Å². The average molecular weight is 247 g/mol. The summed E-state index contributed by atoms with van der Waals surface area (Å²) in [6.07, 6.45) is 6.56. The molecular formula is C15H18FNO. The van der Waals surface area contributed by atoms with Gasteiger partial charge in [-0.25, -0.2) is 4.39 Å². The lowest BCUT2D eigenvalue weighted by Crippen LogP contribution is -2.35. The molecule has 0 atom stereocenters. The van der Waals surface area contributed by atoms with Gasteiger partial charge in [0.1, 0.15) is 5.82 Å². The topological polar surface area (TPSA) is 29.1 Å². The van der Waals surface area contributed by atoms with E-state index in [1.165, 1.54) is 12.1 Å². The van der Waals surface area contributed by atoms with Crippen molar-refractivity contribution >= 4 is 5.91 Å². The molecule has 0 aromatic heterocycles. The number of hydrogen-bond donors (Lipinski definition) is 1. The Morgan fingerprint density at radius 3 is 2.61 bits per heavy atom. The van der Waals surface area contributed by atoms with E-state index >= 15 is 0 Å². The van der Waals surface area contributed by atoms with E-state index in [9.17, 15) is 9.18 Å². The van der Waals surface area contributed by atoms with Gasteiger partial charge in [-0.1, -0.05) is 24.3 Å². The summed E-state index contributed by atoms with van der Waals surface area (Å²) in [7, 11) is 0. The number of carbonyl (C=O) groups excluding carboxylic acids is 1. The Bertz CT molecular complexity index is 446. The number of nitrogens with one attached hydrogen (secondary N) is 1. The molecular weight excluding hydrogens is 229 g/mol. The maximum Gasteiger partial charge on any atom is 0.230 e. The van der Waals surface area contributed by atoms with Crippen LogP contribution >= 0.6 is 0 Å². The van der Waals surface area contributed by atoms with Gasteiger partial charge in [0.2, 0.25) is 5.91 Å². The van der Waals surface area contributed by atoms with Gasteiger partial charge in [-0.3, -0.25) is 4.79 Å². The Balaban J connectivity index is 1.98. The molecule has 0 aliphatic heterocycles. The second-order valence-electron chi connectivity index (χ2n) is 4.70. The van der Waals surface area contributed by atoms with Gasteiger partial charge in [0.05, 0.1) is 5.41 Å². The summed E-state index contributed by atoms with van der Waals surface area (Å²) in [5, 5.41) is 2.95. The summed E-state index contributed by atoms with van der Waals surface area (Å²) in [6.45, 7) is 2.62. The summed E-state index contributed by atoms with van der Waals surface area (Å²) in [6, 6.07) is 6.27. The van der Waals surface area contributed by atoms with Crippen LogP contribution in [0.1, 0.15) is 31.7 Å². The van der Waals surface area contributed by atoms with Gasteiger partial charge in [0, 0.05) is 6.54 Å². The fourth-order valence-corrected chi connectivity index (χ4v) is 2.15. The minimum Gasteiger partial charge on any atom is -0.355 e. The molecule has 1 aromatic carbocycles. The lowest BCUT2D eigenvalue weighted by Gasteiger charge is -2.15. The van der Waals surface area contributed by atoms with Crippen LogP contribution in [0.15, 0.2) is 36.4 Å². The Kier molecular flexibility index (Phi) is 3.80. The highest BCUT2D eigenvalue weighted by atomic mass is 19.1. The minimum atomic E-state index is -0.399. The lowest BCUT2D eigenvalue weighted by atomic mass is 9.95. The zero-order chi connectivity index (χ0) is 13.0. The zero-order valence-electron chi connectivity index (χ0n) is 10.6. The molecule has 3 heteroatoms. The molecule has 18 heavy (non-hydrogen) atoms. The van der Waals surface area contributed by atoms with Crippen molar-refractivity contribution in [2.75, 3.05) is 6.54 Å². The van der Waals surface area contributed by atoms with E-state index in [4.69, 9.17) is 0 Å². The van der Waals surface area contributed by atoms with Crippen LogP contribution < -0.4 is 5.32 Å². The third-order valence-corrected chi connectivity index (χ3v) is 3.41. The average Bonchev–Trinajstić information content (AvgIpc) is 3.17. The molecule has 0 bridgehead atoms. The van der Waals surface area contributed by atoms with Crippen LogP contribution in [-0.2, 0) is 10.2 Å². The third-order valence-electron chi connectivity index (χ3n) is 3.41. The van der Waals surface area contributed by atoms with Gasteiger partial charge < -0.3 is 5.32 Å². The smallest absolute Gasteiger partial charge is 0.230 e. The minimum absolute atomic E-state index is 0.0682. The van der Waals surface area contributed by atoms with Crippen LogP contribution in [0.5, 0.6) is 0 Å². The van der Waals surface area contributed by atoms with Gasteiger partial charge in [-0.05, 0) is 43.9 Å². The van der Waals surface area contributed by atoms with Crippen molar-refractivity contribution < 1.29 is 9.18 Å². The predicted octanol–water partition coefficient (Wildman–Crippen LogP) is 2.94. The molecule has 0 spiro atoms. The van der Waals surface area contributed by atoms with Crippen molar-refractivity contribution in [2.45, 2.75) is 31.6 Å². The number of amides is 1. The van der Waals surface area contributed by atoms with Crippen molar-refractivity contribution in [3.8, 4) is 0 Å². The van der Waals surface area contributed by atoms with Crippen molar-refractivity contribution in [1.82, 2.24) is 5.32 Å². The Labute approximate surface area is 107 Å². The van der Waals surface area contributed by atoms with Crippen LogP contribution in [0, 0.1) is 5.82 Å². The number of benzene rings is 1. The van der Waals surface area contributed by atoms with Gasteiger partial charge in [0.15, 0.2) is 0 Å². The van der Waals surface area contributed by atoms with E-state index in [1.54, 1.807) is 12.1 Å². The first kappa shape index (κ1) is 12.8. The quantitative estimate of drug-likeness (QED) is 0.629. The first-order valence-corrected chi connectivity index (χ1v) is 6.34. The third kappa shape index (κ3) is 2.61. The second kappa shape index (κ2) is 5.34. The highest BCUT2D eigenvalue weighted by Crippen LogP contribution is 2.48. The Morgan fingerprint density at radius 1 is 1.39 bits per heavy atom. The monoisotopic (exact) mass is 247 g/mol. The van der Waals surface area contributed by atoms with Gasteiger partial charge in [0.25, 0.3) is 0 Å². The molecule has 0 radical (unpaired) electrons. The number of allylic oxidation sites excluding steroid dienone is 1. The fourth-order valence-electron chi connectivity index (χ4n) is 2.15. The summed E-state index contributed by atoms with van der Waals surface area (Å²) in [5.41, 5.74) is 0.524. The molecule has 1 aliphatic rings. The number of halogens is 1. The van der Waals surface area contributed by atoms with E-state index in [0.717, 1.165) is 24.8 Å². The molecule has 1 N–H and O–H groups in total. The van der Waals surface area contributed by atoms with E-state index in [0.29, 0.717) is 6.54 Å². The van der Waals surface area contributed by atoms with Crippen LogP contribution in [0.2, 0.25) is 0 Å². The molecule has 0 heterocycles. The predicted molar refractivity (Wildman–Crippen MR) is 69.8 cm³/mol. The van der Waals surface area contributed by atoms with E-state index in [1.807, 2.05) is 19.1 Å². The number of carbonyl (C=O) groups is 1. The Hall–Kier alpha value is -1.64. The van der Waals surface area contributed by atoms with E-state index < -0.39 is 5.41 Å². The van der Waals surface area contributed by atoms with Crippen molar-refractivity contribution in [1.29, 1.82) is 0 Å². The molecule has 2 rings (SSSR count). The summed E-state index contributed by atoms with van der Waals surface area (Å²) >= 11 is 0. The summed E-state index contributed by atoms with van der Waals surface area (Å²) in [4.78, 5) is 12.1. The fraction of sp³-hybridized carbons (Fsp3) is 0.400. The van der Waals surface area contributed by atoms with Crippen molar-refractivity contribution in [3.05, 3.63) is 47.8 Å². The highest BCUT2D eigenvalue weighted by Gasteiger charge is 2.50. The summed E-state index contributed by atoms with van der Waals surface area (Å²) < 4.78 is 12.9. The van der Waals surface area contributed by atoms with E-state index in [2.05, 4.69) is 5.32 Å². The molecule has 1 aromatic rings. The lowest BCUT2D eigenvalue weighted by molar-refractivity contribution is -0.123. The highest BCUT2D eigenvalue weighted by molar-refractivity contribution is 5.91. The van der Waals surface area contributed by atoms with Gasteiger partial charge >= 0.3 is 0 Å². The SMILES string of the molecule is C/C=C/CCNC(=O)C1(c2ccc(F)cc2)CC1. The van der Waals surface area contributed by atoms with E-state index in [-0.39, 0.29) is 11.7 Å². The van der Waals surface area contributed by atoms with Crippen molar-refractivity contribution in [2.24, 2.45) is 0 Å². The first-order chi connectivity index (χ1) is 8.69. The maximum absolute atomic E-state index is 12.9. The van der Waals surface area contributed by atoms with Crippen LogP contribution in [0.3, 0.4) is 0 Å². The first-order valence-electron chi connectivity index (χ1n) is 6.34. The molecule has 1 fully saturated rings. The second-order valence-corrected chi connectivity index (χ2v) is 4.70. The molecule has 1 aliphatic carbocycles. The molecule has 2 nitrogen and oxygen atoms in total. The molecule has 1 saturated carbocycles. The number of hydrogen-bond acceptors (Lipinski definition) is 1. The zero-order valence-corrected chi connectivity index (χ0v) is 10.6. The van der Waals surface area contributed by atoms with Crippen LogP contribution in [0.4, 0.5) is 4.39 Å². The van der Waals surface area contributed by atoms with Gasteiger partial charge in [-0.15, -0.1) is 0 Å². The van der Waals surface area contributed by atoms with Crippen molar-refractivity contribution in [3.63, 3.8) is 0 Å².